The minimum absolute atomic E-state index is 0.00661. The molecule has 3 fully saturated rings. The lowest BCUT2D eigenvalue weighted by atomic mass is 9.63. The van der Waals surface area contributed by atoms with E-state index < -0.39 is 102 Å². The van der Waals surface area contributed by atoms with Gasteiger partial charge >= 0.3 is 5.97 Å². The second kappa shape index (κ2) is 15.2. The van der Waals surface area contributed by atoms with E-state index in [0.717, 1.165) is 0 Å². The highest BCUT2D eigenvalue weighted by Crippen LogP contribution is 2.54. The van der Waals surface area contributed by atoms with Crippen molar-refractivity contribution in [1.29, 1.82) is 0 Å². The molecule has 2 aliphatic carbocycles. The highest BCUT2D eigenvalue weighted by molar-refractivity contribution is 6.30. The van der Waals surface area contributed by atoms with Gasteiger partial charge in [-0.3, -0.25) is 19.2 Å². The number of aliphatic hydroxyl groups is 2. The molecule has 2 aromatic rings. The monoisotopic (exact) mass is 781 g/mol. The van der Waals surface area contributed by atoms with Crippen LogP contribution in [0.25, 0.3) is 0 Å². The van der Waals surface area contributed by atoms with Gasteiger partial charge in [0.2, 0.25) is 0 Å². The number of carbonyl (C=O) groups is 4. The standard InChI is InChI=1S/C41H51NO14/c1-17-25(43)11-12-29(53-17)55-39-19(3)54-30(15-27(39)45)56-38-18(2)52-28(14-24(38)42(5)6)23-16-41(4,50)34(40(49)51-7)21-13-22-33(37(48)31(21)23)35(46)20-9-8-10-26(44)32(20)36(22)47/h8-10,13,17-19,23-24,27-30,34,38-39,44-45,48,50H,11-12,14-16H2,1-7H3/t17-,18-,19-,23?,24-,27-,28+,29+,30+,34-,38+,39+,41+/m0/s1. The van der Waals surface area contributed by atoms with E-state index in [9.17, 15) is 39.6 Å². The molecule has 0 bridgehead atoms. The minimum Gasteiger partial charge on any atom is -0.507 e. The second-order valence-electron chi connectivity index (χ2n) is 16.3. The number of aliphatic hydroxyl groups excluding tert-OH is 1. The van der Waals surface area contributed by atoms with Crippen molar-refractivity contribution in [2.75, 3.05) is 21.2 Å². The molecule has 56 heavy (non-hydrogen) atoms. The van der Waals surface area contributed by atoms with E-state index in [0.29, 0.717) is 19.3 Å². The number of nitrogens with zero attached hydrogens (tertiary/aromatic N) is 1. The van der Waals surface area contributed by atoms with Crippen LogP contribution in [0, 0.1) is 0 Å². The zero-order valence-corrected chi connectivity index (χ0v) is 32.6. The summed E-state index contributed by atoms with van der Waals surface area (Å²) in [5, 5.41) is 45.8. The third kappa shape index (κ3) is 6.95. The summed E-state index contributed by atoms with van der Waals surface area (Å²) in [6.07, 6.45) is -5.05. The number of benzene rings is 2. The third-order valence-corrected chi connectivity index (χ3v) is 12.2. The van der Waals surface area contributed by atoms with Crippen molar-refractivity contribution in [2.45, 2.75) is 139 Å². The first-order valence-electron chi connectivity index (χ1n) is 19.2. The fourth-order valence-corrected chi connectivity index (χ4v) is 9.45. The van der Waals surface area contributed by atoms with Gasteiger partial charge in [-0.25, -0.2) is 0 Å². The zero-order valence-electron chi connectivity index (χ0n) is 32.6. The van der Waals surface area contributed by atoms with Crippen molar-refractivity contribution in [3.8, 4) is 11.5 Å². The van der Waals surface area contributed by atoms with Crippen molar-refractivity contribution in [1.82, 2.24) is 4.90 Å². The Morgan fingerprint density at radius 3 is 2.25 bits per heavy atom. The molecule has 0 spiro atoms. The fraction of sp³-hybridized carbons (Fsp3) is 0.610. The molecule has 1 unspecified atom stereocenters. The predicted molar refractivity (Wildman–Crippen MR) is 196 cm³/mol. The molecule has 7 rings (SSSR count). The fourth-order valence-electron chi connectivity index (χ4n) is 9.45. The first-order chi connectivity index (χ1) is 26.4. The Balaban J connectivity index is 1.17. The molecule has 304 valence electrons. The van der Waals surface area contributed by atoms with Crippen LogP contribution >= 0.6 is 0 Å². The molecule has 15 heteroatoms. The SMILES string of the molecule is COC(=O)[C@@H]1c2cc3c(c(O)c2C([C@H]2C[C@H](N(C)C)[C@H](O[C@@H]4C[C@H](O)[C@H](O[C@@H]5CCC(=O)[C@H](C)O5)[C@H](C)O4)[C@H](C)O2)C[C@@]1(C)O)C(=O)c1cccc(O)c1C3=O. The lowest BCUT2D eigenvalue weighted by molar-refractivity contribution is -0.313. The van der Waals surface area contributed by atoms with Crippen LogP contribution in [0.2, 0.25) is 0 Å². The summed E-state index contributed by atoms with van der Waals surface area (Å²) in [5.74, 6) is -5.15. The Labute approximate surface area is 324 Å². The van der Waals surface area contributed by atoms with Gasteiger partial charge in [-0.05, 0) is 72.3 Å². The van der Waals surface area contributed by atoms with Crippen molar-refractivity contribution < 1.29 is 68.0 Å². The highest BCUT2D eigenvalue weighted by Gasteiger charge is 2.54. The molecule has 3 aliphatic heterocycles. The number of phenolic OH excluding ortho intramolecular Hbond substituents is 2. The molecule has 15 nitrogen and oxygen atoms in total. The van der Waals surface area contributed by atoms with Crippen LogP contribution in [0.4, 0.5) is 0 Å². The van der Waals surface area contributed by atoms with Crippen LogP contribution in [0.5, 0.6) is 11.5 Å². The van der Waals surface area contributed by atoms with E-state index in [1.165, 1.54) is 38.3 Å². The van der Waals surface area contributed by atoms with E-state index in [1.54, 1.807) is 13.8 Å². The van der Waals surface area contributed by atoms with E-state index in [2.05, 4.69) is 0 Å². The second-order valence-corrected chi connectivity index (χ2v) is 16.3. The number of methoxy groups -OCH3 is 1. The van der Waals surface area contributed by atoms with E-state index in [1.807, 2.05) is 25.9 Å². The summed E-state index contributed by atoms with van der Waals surface area (Å²) in [6.45, 7) is 6.78. The number of ketones is 3. The van der Waals surface area contributed by atoms with E-state index in [4.69, 9.17) is 28.4 Å². The van der Waals surface area contributed by atoms with Gasteiger partial charge in [0.1, 0.15) is 35.7 Å². The zero-order chi connectivity index (χ0) is 40.5. The average molecular weight is 782 g/mol. The van der Waals surface area contributed by atoms with E-state index >= 15 is 0 Å². The number of aromatic hydroxyl groups is 2. The van der Waals surface area contributed by atoms with Gasteiger partial charge in [-0.15, -0.1) is 0 Å². The normalized spacial score (nSPS) is 37.1. The van der Waals surface area contributed by atoms with Gasteiger partial charge in [-0.2, -0.15) is 0 Å². The summed E-state index contributed by atoms with van der Waals surface area (Å²) >= 11 is 0. The molecule has 0 saturated carbocycles. The first kappa shape index (κ1) is 40.4. The molecule has 0 aromatic heterocycles. The molecule has 0 amide bonds. The Hall–Kier alpha value is -3.80. The molecule has 3 saturated heterocycles. The largest absolute Gasteiger partial charge is 0.507 e. The van der Waals surface area contributed by atoms with Crippen LogP contribution < -0.4 is 0 Å². The lowest BCUT2D eigenvalue weighted by Gasteiger charge is -2.50. The van der Waals surface area contributed by atoms with Gasteiger partial charge in [0.25, 0.3) is 0 Å². The Bertz CT molecular complexity index is 1900. The first-order valence-corrected chi connectivity index (χ1v) is 19.2. The number of hydrogen-bond acceptors (Lipinski definition) is 15. The maximum atomic E-state index is 13.9. The van der Waals surface area contributed by atoms with Crippen molar-refractivity contribution in [3.63, 3.8) is 0 Å². The molecular weight excluding hydrogens is 730 g/mol. The minimum atomic E-state index is -1.74. The topological polar surface area (TPSA) is 208 Å². The number of likely N-dealkylation sites (N-methyl/N-ethyl adjacent to an activating group) is 1. The quantitative estimate of drug-likeness (QED) is 0.254. The summed E-state index contributed by atoms with van der Waals surface area (Å²) in [4.78, 5) is 55.0. The van der Waals surface area contributed by atoms with Crippen LogP contribution in [0.15, 0.2) is 24.3 Å². The van der Waals surface area contributed by atoms with Gasteiger partial charge in [0.15, 0.2) is 29.9 Å². The lowest BCUT2D eigenvalue weighted by Crippen LogP contribution is -2.59. The van der Waals surface area contributed by atoms with Crippen LogP contribution in [-0.2, 0) is 38.0 Å². The summed E-state index contributed by atoms with van der Waals surface area (Å²) in [7, 11) is 4.95. The van der Waals surface area contributed by atoms with Crippen LogP contribution in [0.3, 0.4) is 0 Å². The summed E-state index contributed by atoms with van der Waals surface area (Å²) < 4.78 is 36.3. The number of phenols is 2. The van der Waals surface area contributed by atoms with Crippen molar-refractivity contribution in [3.05, 3.63) is 57.6 Å². The number of esters is 1. The van der Waals surface area contributed by atoms with Crippen LogP contribution in [0.1, 0.15) is 115 Å². The maximum absolute atomic E-state index is 13.9. The molecule has 4 N–H and O–H groups in total. The number of hydrogen-bond donors (Lipinski definition) is 4. The van der Waals surface area contributed by atoms with E-state index in [-0.39, 0.29) is 58.0 Å². The van der Waals surface area contributed by atoms with Gasteiger partial charge < -0.3 is 53.7 Å². The van der Waals surface area contributed by atoms with Gasteiger partial charge in [0.05, 0.1) is 48.3 Å². The number of ether oxygens (including phenoxy) is 6. The summed E-state index contributed by atoms with van der Waals surface area (Å²) in [5.41, 5.74) is -2.14. The Morgan fingerprint density at radius 1 is 0.911 bits per heavy atom. The van der Waals surface area contributed by atoms with Gasteiger partial charge in [0, 0.05) is 47.9 Å². The van der Waals surface area contributed by atoms with Crippen molar-refractivity contribution in [2.24, 2.45) is 0 Å². The summed E-state index contributed by atoms with van der Waals surface area (Å²) in [6, 6.07) is 5.18. The van der Waals surface area contributed by atoms with Crippen molar-refractivity contribution >= 4 is 23.3 Å². The number of carbonyl (C=O) groups excluding carboxylic acids is 4. The average Bonchev–Trinajstić information content (AvgIpc) is 3.13. The highest BCUT2D eigenvalue weighted by atomic mass is 16.7. The third-order valence-electron chi connectivity index (χ3n) is 12.2. The number of Topliss-reactive ketones (excluding diaryl/α,β-unsaturated/α-hetero) is 1. The number of rotatable bonds is 7. The molecule has 2 aromatic carbocycles. The molecule has 5 aliphatic rings. The molecule has 3 heterocycles. The van der Waals surface area contributed by atoms with Gasteiger partial charge in [-0.1, -0.05) is 12.1 Å². The Kier molecular flexibility index (Phi) is 10.9. The van der Waals surface area contributed by atoms with Crippen LogP contribution in [-0.4, -0.2) is 137 Å². The number of fused-ring (bicyclic) bond motifs is 3. The molecule has 13 atom stereocenters. The Morgan fingerprint density at radius 2 is 1.59 bits per heavy atom. The molecule has 0 radical (unpaired) electrons. The predicted octanol–water partition coefficient (Wildman–Crippen LogP) is 2.84. The smallest absolute Gasteiger partial charge is 0.316 e. The molecular formula is C41H51NO14. The maximum Gasteiger partial charge on any atom is 0.316 e.